The van der Waals surface area contributed by atoms with Crippen LogP contribution in [0.25, 0.3) is 0 Å². The largest absolute Gasteiger partial charge is 0.341 e. The van der Waals surface area contributed by atoms with Crippen LogP contribution in [0.5, 0.6) is 0 Å². The molecule has 0 unspecified atom stereocenters. The maximum absolute atomic E-state index is 12.7. The van der Waals surface area contributed by atoms with Crippen molar-refractivity contribution in [2.24, 2.45) is 0 Å². The average Bonchev–Trinajstić information content (AvgIpc) is 2.53. The van der Waals surface area contributed by atoms with Crippen molar-refractivity contribution in [1.82, 2.24) is 0 Å². The van der Waals surface area contributed by atoms with Crippen LogP contribution < -0.4 is 5.32 Å². The molecule has 128 valence electrons. The van der Waals surface area contributed by atoms with Crippen molar-refractivity contribution in [1.29, 1.82) is 0 Å². The fourth-order valence-corrected chi connectivity index (χ4v) is 3.65. The molecule has 8 heteroatoms. The SMILES string of the molecule is Cc1cccc(SCC(=O)Nc2ccccc2S(=O)(=O)C(F)F)c1. The van der Waals surface area contributed by atoms with Gasteiger partial charge in [0.05, 0.1) is 16.3 Å². The van der Waals surface area contributed by atoms with E-state index in [2.05, 4.69) is 5.32 Å². The summed E-state index contributed by atoms with van der Waals surface area (Å²) >= 11 is 1.27. The van der Waals surface area contributed by atoms with E-state index in [0.29, 0.717) is 0 Å². The number of aryl methyl sites for hydroxylation is 1. The number of halogens is 2. The second-order valence-corrected chi connectivity index (χ2v) is 7.89. The van der Waals surface area contributed by atoms with E-state index in [1.165, 1.54) is 30.0 Å². The Bertz CT molecular complexity index is 839. The number of rotatable bonds is 6. The number of sulfone groups is 1. The fourth-order valence-electron chi connectivity index (χ4n) is 1.95. The molecule has 0 saturated carbocycles. The number of para-hydroxylation sites is 1. The molecule has 0 heterocycles. The number of thioether (sulfide) groups is 1. The van der Waals surface area contributed by atoms with Crippen molar-refractivity contribution in [2.75, 3.05) is 11.1 Å². The summed E-state index contributed by atoms with van der Waals surface area (Å²) in [6.07, 6.45) is 0. The third kappa shape index (κ3) is 4.55. The first-order valence-electron chi connectivity index (χ1n) is 6.91. The number of benzene rings is 2. The summed E-state index contributed by atoms with van der Waals surface area (Å²) in [6, 6.07) is 12.7. The smallest absolute Gasteiger partial charge is 0.324 e. The first-order chi connectivity index (χ1) is 11.3. The Balaban J connectivity index is 2.10. The Hall–Kier alpha value is -1.93. The molecule has 0 bridgehead atoms. The summed E-state index contributed by atoms with van der Waals surface area (Å²) in [5, 5.41) is 2.38. The van der Waals surface area contributed by atoms with Crippen molar-refractivity contribution in [3.63, 3.8) is 0 Å². The molecular weight excluding hydrogens is 356 g/mol. The summed E-state index contributed by atoms with van der Waals surface area (Å²) in [6.45, 7) is 1.93. The van der Waals surface area contributed by atoms with Crippen molar-refractivity contribution in [3.05, 3.63) is 54.1 Å². The van der Waals surface area contributed by atoms with Crippen LogP contribution in [0.1, 0.15) is 5.56 Å². The Morgan fingerprint density at radius 3 is 2.54 bits per heavy atom. The van der Waals surface area contributed by atoms with Gasteiger partial charge in [-0.25, -0.2) is 8.42 Å². The number of alkyl halides is 2. The molecule has 0 saturated heterocycles. The molecule has 4 nitrogen and oxygen atoms in total. The Morgan fingerprint density at radius 1 is 1.17 bits per heavy atom. The Labute approximate surface area is 143 Å². The van der Waals surface area contributed by atoms with Crippen molar-refractivity contribution in [3.8, 4) is 0 Å². The number of carbonyl (C=O) groups excluding carboxylic acids is 1. The average molecular weight is 371 g/mol. The summed E-state index contributed by atoms with van der Waals surface area (Å²) in [5.74, 6) is -3.98. The van der Waals surface area contributed by atoms with Gasteiger partial charge in [-0.15, -0.1) is 11.8 Å². The van der Waals surface area contributed by atoms with Gasteiger partial charge in [-0.2, -0.15) is 8.78 Å². The topological polar surface area (TPSA) is 63.2 Å². The minimum absolute atomic E-state index is 0.0342. The molecule has 2 rings (SSSR count). The predicted octanol–water partition coefficient (Wildman–Crippen LogP) is 3.72. The molecule has 0 aliphatic carbocycles. The Morgan fingerprint density at radius 2 is 1.88 bits per heavy atom. The van der Waals surface area contributed by atoms with Crippen molar-refractivity contribution >= 4 is 33.2 Å². The predicted molar refractivity (Wildman–Crippen MR) is 90.2 cm³/mol. The normalized spacial score (nSPS) is 11.5. The van der Waals surface area contributed by atoms with Gasteiger partial charge in [0.15, 0.2) is 0 Å². The maximum Gasteiger partial charge on any atom is 0.341 e. The summed E-state index contributed by atoms with van der Waals surface area (Å²) < 4.78 is 48.7. The van der Waals surface area contributed by atoms with Crippen LogP contribution in [0.15, 0.2) is 58.3 Å². The van der Waals surface area contributed by atoms with E-state index < -0.39 is 26.4 Å². The first kappa shape index (κ1) is 18.4. The van der Waals surface area contributed by atoms with Gasteiger partial charge in [-0.1, -0.05) is 29.8 Å². The first-order valence-corrected chi connectivity index (χ1v) is 9.44. The minimum atomic E-state index is -4.78. The van der Waals surface area contributed by atoms with Crippen molar-refractivity contribution in [2.45, 2.75) is 22.5 Å². The number of anilines is 1. The van der Waals surface area contributed by atoms with Crippen LogP contribution in [-0.4, -0.2) is 25.8 Å². The molecule has 0 spiro atoms. The van der Waals surface area contributed by atoms with Gasteiger partial charge in [0.1, 0.15) is 0 Å². The van der Waals surface area contributed by atoms with Crippen molar-refractivity contribution < 1.29 is 22.0 Å². The van der Waals surface area contributed by atoms with Crippen LogP contribution >= 0.6 is 11.8 Å². The molecule has 0 fully saturated rings. The molecular formula is C16H15F2NO3S2. The molecule has 0 aromatic heterocycles. The van der Waals surface area contributed by atoms with Gasteiger partial charge in [0.25, 0.3) is 0 Å². The third-order valence-corrected chi connectivity index (χ3v) is 5.49. The maximum atomic E-state index is 12.7. The lowest BCUT2D eigenvalue weighted by molar-refractivity contribution is -0.113. The lowest BCUT2D eigenvalue weighted by Gasteiger charge is -2.11. The highest BCUT2D eigenvalue weighted by Gasteiger charge is 2.29. The molecule has 0 aliphatic heterocycles. The van der Waals surface area contributed by atoms with Crippen LogP contribution in [0.4, 0.5) is 14.5 Å². The zero-order chi connectivity index (χ0) is 17.7. The highest BCUT2D eigenvalue weighted by molar-refractivity contribution is 8.00. The third-order valence-electron chi connectivity index (χ3n) is 3.06. The summed E-state index contributed by atoms with van der Waals surface area (Å²) in [5.41, 5.74) is 0.904. The van der Waals surface area contributed by atoms with Gasteiger partial charge < -0.3 is 5.32 Å². The highest BCUT2D eigenvalue weighted by atomic mass is 32.2. The van der Waals surface area contributed by atoms with Gasteiger partial charge in [-0.3, -0.25) is 4.79 Å². The van der Waals surface area contributed by atoms with Crippen LogP contribution in [0.3, 0.4) is 0 Å². The molecule has 0 radical (unpaired) electrons. The molecule has 1 amide bonds. The molecule has 24 heavy (non-hydrogen) atoms. The van der Waals surface area contributed by atoms with E-state index in [9.17, 15) is 22.0 Å². The molecule has 2 aromatic carbocycles. The van der Waals surface area contributed by atoms with Gasteiger partial charge in [0, 0.05) is 4.90 Å². The number of carbonyl (C=O) groups is 1. The zero-order valence-electron chi connectivity index (χ0n) is 12.7. The van der Waals surface area contributed by atoms with Gasteiger partial charge in [-0.05, 0) is 31.2 Å². The molecule has 0 atom stereocenters. The van der Waals surface area contributed by atoms with Gasteiger partial charge >= 0.3 is 5.76 Å². The van der Waals surface area contributed by atoms with E-state index in [4.69, 9.17) is 0 Å². The van der Waals surface area contributed by atoms with Crippen LogP contribution in [0.2, 0.25) is 0 Å². The van der Waals surface area contributed by atoms with Gasteiger partial charge in [0.2, 0.25) is 15.7 Å². The van der Waals surface area contributed by atoms with E-state index in [-0.39, 0.29) is 11.4 Å². The van der Waals surface area contributed by atoms with E-state index in [1.54, 1.807) is 0 Å². The molecule has 2 aromatic rings. The number of hydrogen-bond acceptors (Lipinski definition) is 4. The van der Waals surface area contributed by atoms with Crippen LogP contribution in [0, 0.1) is 6.92 Å². The number of nitrogens with one attached hydrogen (secondary N) is 1. The highest BCUT2D eigenvalue weighted by Crippen LogP contribution is 2.26. The number of amides is 1. The summed E-state index contributed by atoms with van der Waals surface area (Å²) in [4.78, 5) is 12.3. The quantitative estimate of drug-likeness (QED) is 0.786. The lowest BCUT2D eigenvalue weighted by Crippen LogP contribution is -2.19. The second-order valence-electron chi connectivity index (χ2n) is 4.96. The lowest BCUT2D eigenvalue weighted by atomic mass is 10.2. The van der Waals surface area contributed by atoms with E-state index in [1.807, 2.05) is 31.2 Å². The fraction of sp³-hybridized carbons (Fsp3) is 0.188. The van der Waals surface area contributed by atoms with Crippen LogP contribution in [-0.2, 0) is 14.6 Å². The zero-order valence-corrected chi connectivity index (χ0v) is 14.3. The molecule has 1 N–H and O–H groups in total. The minimum Gasteiger partial charge on any atom is -0.324 e. The Kier molecular flexibility index (Phi) is 5.95. The second kappa shape index (κ2) is 7.76. The van der Waals surface area contributed by atoms with E-state index in [0.717, 1.165) is 16.5 Å². The molecule has 0 aliphatic rings. The monoisotopic (exact) mass is 371 g/mol. The standard InChI is InChI=1S/C16H15F2NO3S2/c1-11-5-4-6-12(9-11)23-10-15(20)19-13-7-2-3-8-14(13)24(21,22)16(17)18/h2-9,16H,10H2,1H3,(H,19,20). The summed E-state index contributed by atoms with van der Waals surface area (Å²) in [7, 11) is -4.78. The van der Waals surface area contributed by atoms with E-state index >= 15 is 0 Å². The number of hydrogen-bond donors (Lipinski definition) is 1.